The molecular weight excluding hydrogens is 255 g/mol. The fourth-order valence-corrected chi connectivity index (χ4v) is 2.20. The van der Waals surface area contributed by atoms with Gasteiger partial charge in [0.25, 0.3) is 5.91 Å². The first-order valence-electron chi connectivity index (χ1n) is 6.29. The molecule has 0 radical (unpaired) electrons. The minimum Gasteiger partial charge on any atom is -0.361 e. The van der Waals surface area contributed by atoms with Gasteiger partial charge in [0.1, 0.15) is 5.82 Å². The first-order valence-corrected chi connectivity index (χ1v) is 6.29. The molecule has 0 bridgehead atoms. The van der Waals surface area contributed by atoms with Crippen molar-refractivity contribution in [3.05, 3.63) is 65.6 Å². The molecule has 2 aromatic carbocycles. The van der Waals surface area contributed by atoms with E-state index >= 15 is 0 Å². The van der Waals surface area contributed by atoms with E-state index in [9.17, 15) is 9.18 Å². The number of carbonyl (C=O) groups is 1. The molecule has 3 rings (SSSR count). The van der Waals surface area contributed by atoms with E-state index in [4.69, 9.17) is 0 Å². The van der Waals surface area contributed by atoms with Crippen molar-refractivity contribution >= 4 is 22.5 Å². The van der Waals surface area contributed by atoms with Crippen molar-refractivity contribution in [2.75, 3.05) is 5.32 Å². The van der Waals surface area contributed by atoms with E-state index in [0.717, 1.165) is 16.5 Å². The fraction of sp³-hybridized carbons (Fsp3) is 0.0625. The molecule has 20 heavy (non-hydrogen) atoms. The molecule has 1 heterocycles. The number of hydrogen-bond acceptors (Lipinski definition) is 1. The molecule has 0 unspecified atom stereocenters. The molecular formula is C16H13FN2O. The number of H-pyrrole nitrogens is 1. The zero-order valence-corrected chi connectivity index (χ0v) is 10.9. The summed E-state index contributed by atoms with van der Waals surface area (Å²) in [6.07, 6.45) is 1.79. The highest BCUT2D eigenvalue weighted by molar-refractivity contribution is 6.12. The summed E-state index contributed by atoms with van der Waals surface area (Å²) in [5.74, 6) is -0.616. The molecule has 3 aromatic rings. The largest absolute Gasteiger partial charge is 0.361 e. The standard InChI is InChI=1S/C16H13FN2O/c1-10-5-6-11(17)9-15(10)19-16(20)13-3-2-4-14-12(13)7-8-18-14/h2-9,18H,1H3,(H,19,20). The van der Waals surface area contributed by atoms with Crippen LogP contribution >= 0.6 is 0 Å². The van der Waals surface area contributed by atoms with Crippen LogP contribution in [0.25, 0.3) is 10.9 Å². The second kappa shape index (κ2) is 4.81. The van der Waals surface area contributed by atoms with Gasteiger partial charge in [-0.25, -0.2) is 4.39 Å². The Balaban J connectivity index is 1.97. The van der Waals surface area contributed by atoms with Crippen LogP contribution in [0.4, 0.5) is 10.1 Å². The number of aryl methyl sites for hydroxylation is 1. The number of aromatic nitrogens is 1. The number of hydrogen-bond donors (Lipinski definition) is 2. The van der Waals surface area contributed by atoms with Crippen molar-refractivity contribution < 1.29 is 9.18 Å². The quantitative estimate of drug-likeness (QED) is 0.728. The molecule has 1 amide bonds. The number of fused-ring (bicyclic) bond motifs is 1. The number of halogens is 1. The molecule has 0 fully saturated rings. The Morgan fingerprint density at radius 1 is 1.20 bits per heavy atom. The van der Waals surface area contributed by atoms with Crippen LogP contribution < -0.4 is 5.32 Å². The summed E-state index contributed by atoms with van der Waals surface area (Å²) in [6, 6.07) is 11.7. The van der Waals surface area contributed by atoms with Gasteiger partial charge in [0.15, 0.2) is 0 Å². The molecule has 0 aliphatic carbocycles. The van der Waals surface area contributed by atoms with Crippen LogP contribution in [0.1, 0.15) is 15.9 Å². The van der Waals surface area contributed by atoms with Crippen LogP contribution in [0.3, 0.4) is 0 Å². The van der Waals surface area contributed by atoms with Crippen LogP contribution in [0, 0.1) is 12.7 Å². The third kappa shape index (κ3) is 2.16. The Kier molecular flexibility index (Phi) is 2.99. The zero-order valence-electron chi connectivity index (χ0n) is 10.9. The van der Waals surface area contributed by atoms with E-state index < -0.39 is 0 Å². The molecule has 4 heteroatoms. The number of anilines is 1. The highest BCUT2D eigenvalue weighted by Crippen LogP contribution is 2.21. The molecule has 0 saturated heterocycles. The summed E-state index contributed by atoms with van der Waals surface area (Å²) in [7, 11) is 0. The zero-order chi connectivity index (χ0) is 14.1. The lowest BCUT2D eigenvalue weighted by Crippen LogP contribution is -2.13. The lowest BCUT2D eigenvalue weighted by atomic mass is 10.1. The maximum Gasteiger partial charge on any atom is 0.256 e. The first kappa shape index (κ1) is 12.4. The third-order valence-corrected chi connectivity index (χ3v) is 3.29. The molecule has 0 saturated carbocycles. The van der Waals surface area contributed by atoms with E-state index in [1.54, 1.807) is 18.3 Å². The van der Waals surface area contributed by atoms with E-state index in [2.05, 4.69) is 10.3 Å². The molecule has 0 atom stereocenters. The van der Waals surface area contributed by atoms with E-state index in [0.29, 0.717) is 11.3 Å². The molecule has 2 N–H and O–H groups in total. The van der Waals surface area contributed by atoms with Gasteiger partial charge in [-0.2, -0.15) is 0 Å². The van der Waals surface area contributed by atoms with Gasteiger partial charge in [0.05, 0.1) is 0 Å². The van der Waals surface area contributed by atoms with Gasteiger partial charge in [-0.15, -0.1) is 0 Å². The van der Waals surface area contributed by atoms with Crippen LogP contribution in [0.2, 0.25) is 0 Å². The summed E-state index contributed by atoms with van der Waals surface area (Å²) in [5.41, 5.74) is 2.77. The van der Waals surface area contributed by atoms with Gasteiger partial charge in [-0.3, -0.25) is 4.79 Å². The molecule has 0 aliphatic rings. The van der Waals surface area contributed by atoms with Gasteiger partial charge in [-0.05, 0) is 42.8 Å². The monoisotopic (exact) mass is 268 g/mol. The summed E-state index contributed by atoms with van der Waals surface area (Å²) >= 11 is 0. The average Bonchev–Trinajstić information content (AvgIpc) is 2.91. The number of nitrogens with one attached hydrogen (secondary N) is 2. The van der Waals surface area contributed by atoms with Crippen LogP contribution in [-0.2, 0) is 0 Å². The predicted molar refractivity (Wildman–Crippen MR) is 77.4 cm³/mol. The van der Waals surface area contributed by atoms with Crippen molar-refractivity contribution in [1.29, 1.82) is 0 Å². The van der Waals surface area contributed by atoms with Crippen molar-refractivity contribution in [1.82, 2.24) is 4.98 Å². The minimum absolute atomic E-state index is 0.246. The van der Waals surface area contributed by atoms with Crippen LogP contribution in [0.5, 0.6) is 0 Å². The number of amides is 1. The van der Waals surface area contributed by atoms with Gasteiger partial charge >= 0.3 is 0 Å². The summed E-state index contributed by atoms with van der Waals surface area (Å²) in [4.78, 5) is 15.4. The third-order valence-electron chi connectivity index (χ3n) is 3.29. The Hall–Kier alpha value is -2.62. The van der Waals surface area contributed by atoms with Crippen molar-refractivity contribution in [3.63, 3.8) is 0 Å². The Morgan fingerprint density at radius 2 is 2.05 bits per heavy atom. The number of benzene rings is 2. The van der Waals surface area contributed by atoms with Gasteiger partial charge in [0.2, 0.25) is 0 Å². The average molecular weight is 268 g/mol. The van der Waals surface area contributed by atoms with E-state index in [1.165, 1.54) is 12.1 Å². The molecule has 1 aromatic heterocycles. The van der Waals surface area contributed by atoms with E-state index in [-0.39, 0.29) is 11.7 Å². The second-order valence-electron chi connectivity index (χ2n) is 4.66. The van der Waals surface area contributed by atoms with Crippen molar-refractivity contribution in [3.8, 4) is 0 Å². The fourth-order valence-electron chi connectivity index (χ4n) is 2.20. The number of rotatable bonds is 2. The lowest BCUT2D eigenvalue weighted by Gasteiger charge is -2.09. The Labute approximate surface area is 115 Å². The number of aromatic amines is 1. The summed E-state index contributed by atoms with van der Waals surface area (Å²) in [6.45, 7) is 1.83. The van der Waals surface area contributed by atoms with Crippen molar-refractivity contribution in [2.45, 2.75) is 6.92 Å². The van der Waals surface area contributed by atoms with E-state index in [1.807, 2.05) is 25.1 Å². The molecule has 0 aliphatic heterocycles. The molecule has 3 nitrogen and oxygen atoms in total. The maximum atomic E-state index is 13.2. The van der Waals surface area contributed by atoms with Gasteiger partial charge in [0, 0.05) is 28.4 Å². The number of carbonyl (C=O) groups excluding carboxylic acids is 1. The topological polar surface area (TPSA) is 44.9 Å². The smallest absolute Gasteiger partial charge is 0.256 e. The minimum atomic E-state index is -0.370. The highest BCUT2D eigenvalue weighted by Gasteiger charge is 2.12. The highest BCUT2D eigenvalue weighted by atomic mass is 19.1. The van der Waals surface area contributed by atoms with Crippen LogP contribution in [0.15, 0.2) is 48.7 Å². The first-order chi connectivity index (χ1) is 9.65. The van der Waals surface area contributed by atoms with Gasteiger partial charge in [-0.1, -0.05) is 12.1 Å². The lowest BCUT2D eigenvalue weighted by molar-refractivity contribution is 0.102. The van der Waals surface area contributed by atoms with Crippen LogP contribution in [-0.4, -0.2) is 10.9 Å². The Bertz CT molecular complexity index is 792. The molecule has 0 spiro atoms. The Morgan fingerprint density at radius 3 is 2.90 bits per heavy atom. The molecule has 100 valence electrons. The SMILES string of the molecule is Cc1ccc(F)cc1NC(=O)c1cccc2[nH]ccc12. The summed E-state index contributed by atoms with van der Waals surface area (Å²) in [5, 5.41) is 3.60. The second-order valence-corrected chi connectivity index (χ2v) is 4.66. The maximum absolute atomic E-state index is 13.2. The summed E-state index contributed by atoms with van der Waals surface area (Å²) < 4.78 is 13.2. The van der Waals surface area contributed by atoms with Crippen molar-refractivity contribution in [2.24, 2.45) is 0 Å². The van der Waals surface area contributed by atoms with Gasteiger partial charge < -0.3 is 10.3 Å². The normalized spacial score (nSPS) is 10.7. The predicted octanol–water partition coefficient (Wildman–Crippen LogP) is 3.87.